The molecule has 2 aliphatic heterocycles. The van der Waals surface area contributed by atoms with Gasteiger partial charge in [0.25, 0.3) is 0 Å². The van der Waals surface area contributed by atoms with Crippen molar-refractivity contribution in [2.45, 2.75) is 38.3 Å². The van der Waals surface area contributed by atoms with Crippen LogP contribution in [0.2, 0.25) is 0 Å². The van der Waals surface area contributed by atoms with Crippen molar-refractivity contribution in [3.05, 3.63) is 34.3 Å². The molecule has 7 heteroatoms. The molecule has 2 heterocycles. The number of carbonyl (C=O) groups excluding carboxylic acids is 2. The number of piperidine rings is 1. The molecule has 2 N–H and O–H groups in total. The molecule has 1 aromatic carbocycles. The molecular weight excluding hydrogens is 386 g/mol. The van der Waals surface area contributed by atoms with E-state index in [1.54, 1.807) is 0 Å². The second kappa shape index (κ2) is 8.29. The van der Waals surface area contributed by atoms with E-state index in [2.05, 4.69) is 38.9 Å². The lowest BCUT2D eigenvalue weighted by atomic mass is 9.95. The number of amides is 1. The molecule has 0 aliphatic carbocycles. The predicted octanol–water partition coefficient (Wildman–Crippen LogP) is 2.16. The van der Waals surface area contributed by atoms with Gasteiger partial charge in [-0.1, -0.05) is 28.1 Å². The highest BCUT2D eigenvalue weighted by molar-refractivity contribution is 9.10. The van der Waals surface area contributed by atoms with Gasteiger partial charge in [-0.15, -0.1) is 0 Å². The van der Waals surface area contributed by atoms with E-state index in [0.29, 0.717) is 32.5 Å². The highest BCUT2D eigenvalue weighted by atomic mass is 79.9. The molecule has 2 unspecified atom stereocenters. The third-order valence-electron chi connectivity index (χ3n) is 4.90. The van der Waals surface area contributed by atoms with Gasteiger partial charge >= 0.3 is 5.97 Å². The van der Waals surface area contributed by atoms with Crippen LogP contribution in [0.5, 0.6) is 0 Å². The molecule has 136 valence electrons. The Hall–Kier alpha value is -1.44. The van der Waals surface area contributed by atoms with Crippen molar-refractivity contribution in [3.8, 4) is 0 Å². The highest BCUT2D eigenvalue weighted by Gasteiger charge is 2.35. The van der Waals surface area contributed by atoms with Crippen LogP contribution >= 0.6 is 15.9 Å². The molecule has 0 saturated carbocycles. The van der Waals surface area contributed by atoms with E-state index < -0.39 is 0 Å². The molecule has 1 amide bonds. The summed E-state index contributed by atoms with van der Waals surface area (Å²) in [5, 5.41) is 0. The number of likely N-dealkylation sites (tertiary alicyclic amines) is 1. The Bertz CT molecular complexity index is 614. The molecule has 0 spiro atoms. The summed E-state index contributed by atoms with van der Waals surface area (Å²) < 4.78 is 6.12. The summed E-state index contributed by atoms with van der Waals surface area (Å²) in [5.41, 5.74) is 7.51. The van der Waals surface area contributed by atoms with Gasteiger partial charge in [0.2, 0.25) is 5.91 Å². The first-order valence-corrected chi connectivity index (χ1v) is 9.59. The first-order chi connectivity index (χ1) is 12.1. The number of ether oxygens (including phenoxy) is 1. The van der Waals surface area contributed by atoms with Crippen molar-refractivity contribution >= 4 is 27.8 Å². The number of rotatable bonds is 4. The molecular formula is C18H24BrN3O3. The summed E-state index contributed by atoms with van der Waals surface area (Å²) >= 11 is 3.44. The Morgan fingerprint density at radius 1 is 1.20 bits per heavy atom. The van der Waals surface area contributed by atoms with Gasteiger partial charge in [0.15, 0.2) is 0 Å². The normalized spacial score (nSPS) is 24.3. The summed E-state index contributed by atoms with van der Waals surface area (Å²) in [6.07, 6.45) is 2.08. The van der Waals surface area contributed by atoms with Crippen LogP contribution in [0.15, 0.2) is 28.7 Å². The van der Waals surface area contributed by atoms with Crippen LogP contribution in [0.4, 0.5) is 0 Å². The Balaban J connectivity index is 1.51. The lowest BCUT2D eigenvalue weighted by molar-refractivity contribution is -0.151. The average Bonchev–Trinajstić information content (AvgIpc) is 3.12. The summed E-state index contributed by atoms with van der Waals surface area (Å²) in [5.74, 6) is -0.103. The van der Waals surface area contributed by atoms with Gasteiger partial charge in [-0.3, -0.25) is 9.59 Å². The van der Waals surface area contributed by atoms with Crippen LogP contribution < -0.4 is 10.9 Å². The van der Waals surface area contributed by atoms with Gasteiger partial charge in [0.1, 0.15) is 6.04 Å². The number of hydrogen-bond acceptors (Lipinski definition) is 5. The Labute approximate surface area is 156 Å². The standard InChI is InChI=1S/C18H24BrN3O3/c1-2-25-18(24)13-7-9-22(10-8-13)17(23)16-11-15(20-21-16)12-3-5-14(19)6-4-12/h3-6,13,15-16,20-21H,2,7-11H2,1H3. The van der Waals surface area contributed by atoms with Gasteiger partial charge in [0.05, 0.1) is 12.5 Å². The number of esters is 1. The maximum absolute atomic E-state index is 12.7. The number of benzene rings is 1. The Morgan fingerprint density at radius 2 is 1.88 bits per heavy atom. The molecule has 2 saturated heterocycles. The lowest BCUT2D eigenvalue weighted by Crippen LogP contribution is -2.49. The minimum Gasteiger partial charge on any atom is -0.466 e. The van der Waals surface area contributed by atoms with Gasteiger partial charge < -0.3 is 9.64 Å². The fourth-order valence-electron chi connectivity index (χ4n) is 3.45. The summed E-state index contributed by atoms with van der Waals surface area (Å²) in [6.45, 7) is 3.46. The lowest BCUT2D eigenvalue weighted by Gasteiger charge is -2.32. The maximum atomic E-state index is 12.7. The Morgan fingerprint density at radius 3 is 2.52 bits per heavy atom. The topological polar surface area (TPSA) is 70.7 Å². The number of nitrogens with one attached hydrogen (secondary N) is 2. The van der Waals surface area contributed by atoms with Gasteiger partial charge in [-0.2, -0.15) is 0 Å². The van der Waals surface area contributed by atoms with Crippen LogP contribution in [-0.4, -0.2) is 42.5 Å². The number of nitrogens with zero attached hydrogens (tertiary/aromatic N) is 1. The summed E-state index contributed by atoms with van der Waals surface area (Å²) in [6, 6.07) is 8.02. The molecule has 1 aromatic rings. The van der Waals surface area contributed by atoms with Crippen LogP contribution in [0, 0.1) is 5.92 Å². The van der Waals surface area contributed by atoms with Crippen molar-refractivity contribution in [1.82, 2.24) is 15.8 Å². The molecule has 0 bridgehead atoms. The molecule has 3 rings (SSSR count). The molecule has 0 radical (unpaired) electrons. The molecule has 6 nitrogen and oxygen atoms in total. The number of carbonyl (C=O) groups is 2. The summed E-state index contributed by atoms with van der Waals surface area (Å²) in [7, 11) is 0. The first-order valence-electron chi connectivity index (χ1n) is 8.80. The molecule has 25 heavy (non-hydrogen) atoms. The minimum absolute atomic E-state index is 0.0748. The molecule has 2 aliphatic rings. The van der Waals surface area contributed by atoms with Crippen molar-refractivity contribution in [3.63, 3.8) is 0 Å². The zero-order valence-electron chi connectivity index (χ0n) is 14.3. The van der Waals surface area contributed by atoms with E-state index in [9.17, 15) is 9.59 Å². The second-order valence-electron chi connectivity index (χ2n) is 6.53. The zero-order chi connectivity index (χ0) is 17.8. The average molecular weight is 410 g/mol. The Kier molecular flexibility index (Phi) is 6.09. The van der Waals surface area contributed by atoms with E-state index in [1.165, 1.54) is 0 Å². The number of halogens is 1. The summed E-state index contributed by atoms with van der Waals surface area (Å²) in [4.78, 5) is 26.4. The number of hydrogen-bond donors (Lipinski definition) is 2. The monoisotopic (exact) mass is 409 g/mol. The number of hydrazine groups is 1. The van der Waals surface area contributed by atoms with E-state index in [0.717, 1.165) is 16.5 Å². The van der Waals surface area contributed by atoms with Crippen molar-refractivity contribution in [2.24, 2.45) is 5.92 Å². The van der Waals surface area contributed by atoms with E-state index >= 15 is 0 Å². The quantitative estimate of drug-likeness (QED) is 0.745. The smallest absolute Gasteiger partial charge is 0.309 e. The minimum atomic E-state index is -0.229. The third-order valence-corrected chi connectivity index (χ3v) is 5.43. The fourth-order valence-corrected chi connectivity index (χ4v) is 3.71. The van der Waals surface area contributed by atoms with Gasteiger partial charge in [0, 0.05) is 23.6 Å². The third kappa shape index (κ3) is 4.40. The van der Waals surface area contributed by atoms with E-state index in [4.69, 9.17) is 4.74 Å². The van der Waals surface area contributed by atoms with Crippen LogP contribution in [0.3, 0.4) is 0 Å². The van der Waals surface area contributed by atoms with Crippen LogP contribution in [0.25, 0.3) is 0 Å². The van der Waals surface area contributed by atoms with Crippen LogP contribution in [0.1, 0.15) is 37.8 Å². The molecule has 2 atom stereocenters. The first kappa shape index (κ1) is 18.4. The van der Waals surface area contributed by atoms with Crippen molar-refractivity contribution in [1.29, 1.82) is 0 Å². The van der Waals surface area contributed by atoms with Gasteiger partial charge in [-0.25, -0.2) is 10.9 Å². The maximum Gasteiger partial charge on any atom is 0.309 e. The zero-order valence-corrected chi connectivity index (χ0v) is 15.9. The van der Waals surface area contributed by atoms with Crippen LogP contribution in [-0.2, 0) is 14.3 Å². The van der Waals surface area contributed by atoms with Gasteiger partial charge in [-0.05, 0) is 43.9 Å². The van der Waals surface area contributed by atoms with Crippen molar-refractivity contribution in [2.75, 3.05) is 19.7 Å². The van der Waals surface area contributed by atoms with E-state index in [1.807, 2.05) is 24.0 Å². The molecule has 2 fully saturated rings. The van der Waals surface area contributed by atoms with E-state index in [-0.39, 0.29) is 29.9 Å². The fraction of sp³-hybridized carbons (Fsp3) is 0.556. The second-order valence-corrected chi connectivity index (χ2v) is 7.45. The highest BCUT2D eigenvalue weighted by Crippen LogP contribution is 2.26. The predicted molar refractivity (Wildman–Crippen MR) is 97.5 cm³/mol. The molecule has 0 aromatic heterocycles. The largest absolute Gasteiger partial charge is 0.466 e. The SMILES string of the molecule is CCOC(=O)C1CCN(C(=O)C2CC(c3ccc(Br)cc3)NN2)CC1. The van der Waals surface area contributed by atoms with Crippen molar-refractivity contribution < 1.29 is 14.3 Å².